The van der Waals surface area contributed by atoms with Crippen LogP contribution in [0.4, 0.5) is 10.1 Å². The van der Waals surface area contributed by atoms with E-state index in [1.807, 2.05) is 6.92 Å². The van der Waals surface area contributed by atoms with Gasteiger partial charge in [0.1, 0.15) is 11.6 Å². The van der Waals surface area contributed by atoms with Crippen molar-refractivity contribution in [2.24, 2.45) is 0 Å². The van der Waals surface area contributed by atoms with Gasteiger partial charge in [-0.05, 0) is 55.3 Å². The monoisotopic (exact) mass is 307 g/mol. The Kier molecular flexibility index (Phi) is 4.96. The zero-order valence-corrected chi connectivity index (χ0v) is 12.9. The van der Waals surface area contributed by atoms with Gasteiger partial charge in [0.15, 0.2) is 0 Å². The lowest BCUT2D eigenvalue weighted by molar-refractivity contribution is 0.339. The van der Waals surface area contributed by atoms with Crippen LogP contribution in [0.15, 0.2) is 41.3 Å². The molecule has 0 saturated carbocycles. The van der Waals surface area contributed by atoms with E-state index in [0.717, 1.165) is 11.1 Å². The van der Waals surface area contributed by atoms with Crippen molar-refractivity contribution >= 4 is 16.5 Å². The van der Waals surface area contributed by atoms with Crippen molar-refractivity contribution in [3.05, 3.63) is 53.3 Å². The van der Waals surface area contributed by atoms with Crippen molar-refractivity contribution in [1.29, 1.82) is 0 Å². The Morgan fingerprint density at radius 2 is 2.00 bits per heavy atom. The average Bonchev–Trinajstić information content (AvgIpc) is 2.44. The van der Waals surface area contributed by atoms with Crippen molar-refractivity contribution in [3.8, 4) is 5.75 Å². The van der Waals surface area contributed by atoms with E-state index in [1.165, 1.54) is 12.1 Å². The van der Waals surface area contributed by atoms with Crippen LogP contribution >= 0.6 is 0 Å². The summed E-state index contributed by atoms with van der Waals surface area (Å²) in [4.78, 5) is 0.546. The first-order valence-electron chi connectivity index (χ1n) is 6.67. The van der Waals surface area contributed by atoms with Crippen LogP contribution in [-0.2, 0) is 16.6 Å². The number of ether oxygens (including phenoxy) is 1. The topological polar surface area (TPSA) is 52.3 Å². The second kappa shape index (κ2) is 6.72. The number of halogens is 1. The summed E-state index contributed by atoms with van der Waals surface area (Å²) < 4.78 is 31.0. The van der Waals surface area contributed by atoms with Gasteiger partial charge in [0.05, 0.1) is 28.1 Å². The lowest BCUT2D eigenvalue weighted by atomic mass is 10.1. The molecule has 2 aromatic rings. The van der Waals surface area contributed by atoms with Crippen LogP contribution in [-0.4, -0.2) is 10.8 Å². The van der Waals surface area contributed by atoms with Gasteiger partial charge in [-0.3, -0.25) is 4.21 Å². The molecule has 0 amide bonds. The summed E-state index contributed by atoms with van der Waals surface area (Å²) >= 11 is 0. The molecule has 2 N–H and O–H groups in total. The highest BCUT2D eigenvalue weighted by atomic mass is 32.2. The fourth-order valence-electron chi connectivity index (χ4n) is 2.01. The third-order valence-corrected chi connectivity index (χ3v) is 4.55. The standard InChI is InChI=1S/C16H18FNO2S/c1-3-20-14-6-7-15(18)16(9-14)21(19)10-12-4-5-13(17)8-11(12)2/h4-9H,3,10,18H2,1-2H3. The fraction of sp³-hybridized carbons (Fsp3) is 0.250. The quantitative estimate of drug-likeness (QED) is 0.861. The predicted octanol–water partition coefficient (Wildman–Crippen LogP) is 3.42. The minimum Gasteiger partial charge on any atom is -0.494 e. The third-order valence-electron chi connectivity index (χ3n) is 3.13. The molecule has 5 heteroatoms. The predicted molar refractivity (Wildman–Crippen MR) is 83.3 cm³/mol. The van der Waals surface area contributed by atoms with Gasteiger partial charge < -0.3 is 10.5 Å². The molecular formula is C16H18FNO2S. The highest BCUT2D eigenvalue weighted by molar-refractivity contribution is 7.84. The van der Waals surface area contributed by atoms with E-state index in [2.05, 4.69) is 0 Å². The Morgan fingerprint density at radius 3 is 2.67 bits per heavy atom. The Bertz CT molecular complexity index is 673. The first kappa shape index (κ1) is 15.5. The maximum atomic E-state index is 13.1. The van der Waals surface area contributed by atoms with E-state index in [9.17, 15) is 8.60 Å². The van der Waals surface area contributed by atoms with Crippen molar-refractivity contribution in [3.63, 3.8) is 0 Å². The maximum Gasteiger partial charge on any atom is 0.123 e. The van der Waals surface area contributed by atoms with E-state index in [-0.39, 0.29) is 5.82 Å². The summed E-state index contributed by atoms with van der Waals surface area (Å²) in [6.07, 6.45) is 0. The average molecular weight is 307 g/mol. The van der Waals surface area contributed by atoms with Crippen LogP contribution in [0, 0.1) is 12.7 Å². The summed E-state index contributed by atoms with van der Waals surface area (Å²) in [5.41, 5.74) is 7.99. The molecule has 0 aliphatic rings. The van der Waals surface area contributed by atoms with Crippen molar-refractivity contribution in [1.82, 2.24) is 0 Å². The van der Waals surface area contributed by atoms with E-state index in [0.29, 0.717) is 28.7 Å². The molecule has 0 saturated heterocycles. The summed E-state index contributed by atoms with van der Waals surface area (Å²) in [5.74, 6) is 0.650. The zero-order chi connectivity index (χ0) is 15.4. The van der Waals surface area contributed by atoms with E-state index in [4.69, 9.17) is 10.5 Å². The number of rotatable bonds is 5. The van der Waals surface area contributed by atoms with Crippen LogP contribution in [0.1, 0.15) is 18.1 Å². The first-order valence-corrected chi connectivity index (χ1v) is 7.99. The van der Waals surface area contributed by atoms with Gasteiger partial charge in [0.25, 0.3) is 0 Å². The maximum absolute atomic E-state index is 13.1. The molecule has 0 bridgehead atoms. The summed E-state index contributed by atoms with van der Waals surface area (Å²) in [7, 11) is -1.30. The molecule has 2 rings (SSSR count). The number of aryl methyl sites for hydroxylation is 1. The largest absolute Gasteiger partial charge is 0.494 e. The second-order valence-electron chi connectivity index (χ2n) is 4.69. The van der Waals surface area contributed by atoms with Gasteiger partial charge in [0.2, 0.25) is 0 Å². The molecule has 1 unspecified atom stereocenters. The van der Waals surface area contributed by atoms with Crippen LogP contribution in [0.5, 0.6) is 5.75 Å². The van der Waals surface area contributed by atoms with Crippen molar-refractivity contribution in [2.75, 3.05) is 12.3 Å². The van der Waals surface area contributed by atoms with Gasteiger partial charge in [-0.1, -0.05) is 6.07 Å². The number of nitrogens with two attached hydrogens (primary N) is 1. The van der Waals surface area contributed by atoms with Gasteiger partial charge in [-0.2, -0.15) is 0 Å². The summed E-state index contributed by atoms with van der Waals surface area (Å²) in [6, 6.07) is 9.61. The molecule has 0 spiro atoms. The molecule has 21 heavy (non-hydrogen) atoms. The van der Waals surface area contributed by atoms with Gasteiger partial charge >= 0.3 is 0 Å². The normalized spacial score (nSPS) is 12.1. The highest BCUT2D eigenvalue weighted by Crippen LogP contribution is 2.25. The smallest absolute Gasteiger partial charge is 0.123 e. The number of hydrogen-bond donors (Lipinski definition) is 1. The molecule has 1 atom stereocenters. The van der Waals surface area contributed by atoms with Gasteiger partial charge in [-0.15, -0.1) is 0 Å². The van der Waals surface area contributed by atoms with Gasteiger partial charge in [0, 0.05) is 5.69 Å². The molecule has 0 aliphatic carbocycles. The van der Waals surface area contributed by atoms with E-state index in [1.54, 1.807) is 31.2 Å². The highest BCUT2D eigenvalue weighted by Gasteiger charge is 2.12. The summed E-state index contributed by atoms with van der Waals surface area (Å²) in [5, 5.41) is 0. The van der Waals surface area contributed by atoms with Crippen molar-refractivity contribution in [2.45, 2.75) is 24.5 Å². The molecule has 0 aliphatic heterocycles. The molecule has 0 radical (unpaired) electrons. The molecule has 2 aromatic carbocycles. The minimum absolute atomic E-state index is 0.292. The zero-order valence-electron chi connectivity index (χ0n) is 12.1. The Labute approximate surface area is 126 Å². The SMILES string of the molecule is CCOc1ccc(N)c(S(=O)Cc2ccc(F)cc2C)c1. The van der Waals surface area contributed by atoms with Crippen LogP contribution in [0.2, 0.25) is 0 Å². The van der Waals surface area contributed by atoms with Crippen LogP contribution in [0.3, 0.4) is 0 Å². The lowest BCUT2D eigenvalue weighted by Gasteiger charge is -2.10. The lowest BCUT2D eigenvalue weighted by Crippen LogP contribution is -2.03. The Morgan fingerprint density at radius 1 is 1.24 bits per heavy atom. The van der Waals surface area contributed by atoms with Crippen LogP contribution < -0.4 is 10.5 Å². The van der Waals surface area contributed by atoms with E-state index >= 15 is 0 Å². The molecule has 0 aromatic heterocycles. The van der Waals surface area contributed by atoms with E-state index < -0.39 is 10.8 Å². The number of nitrogen functional groups attached to an aromatic ring is 1. The first-order chi connectivity index (χ1) is 10.0. The number of hydrogen-bond acceptors (Lipinski definition) is 3. The fourth-order valence-corrected chi connectivity index (χ4v) is 3.35. The molecule has 3 nitrogen and oxygen atoms in total. The van der Waals surface area contributed by atoms with Gasteiger partial charge in [-0.25, -0.2) is 4.39 Å². The molecular weight excluding hydrogens is 289 g/mol. The number of anilines is 1. The molecule has 112 valence electrons. The minimum atomic E-state index is -1.30. The second-order valence-corrected chi connectivity index (χ2v) is 6.11. The summed E-state index contributed by atoms with van der Waals surface area (Å²) in [6.45, 7) is 4.22. The Hall–Kier alpha value is -1.88. The number of benzene rings is 2. The van der Waals surface area contributed by atoms with Crippen LogP contribution in [0.25, 0.3) is 0 Å². The van der Waals surface area contributed by atoms with Crippen molar-refractivity contribution < 1.29 is 13.3 Å². The molecule has 0 fully saturated rings. The third kappa shape index (κ3) is 3.82. The molecule has 0 heterocycles. The Balaban J connectivity index is 2.25.